The minimum atomic E-state index is -1.45. The minimum Gasteiger partial charge on any atom is -0.395 e. The maximum Gasteiger partial charge on any atom is 0.330 e. The van der Waals surface area contributed by atoms with Gasteiger partial charge in [-0.2, -0.15) is 0 Å². The van der Waals surface area contributed by atoms with Gasteiger partial charge in [-0.1, -0.05) is 11.8 Å². The molecular formula is C13H16N2O7. The van der Waals surface area contributed by atoms with Gasteiger partial charge in [0.1, 0.15) is 23.9 Å². The summed E-state index contributed by atoms with van der Waals surface area (Å²) >= 11 is 0. The number of nitrogens with one attached hydrogen (secondary N) is 1. The largest absolute Gasteiger partial charge is 0.395 e. The van der Waals surface area contributed by atoms with Crippen LogP contribution in [0.1, 0.15) is 18.2 Å². The van der Waals surface area contributed by atoms with Crippen molar-refractivity contribution in [3.05, 3.63) is 32.6 Å². The van der Waals surface area contributed by atoms with E-state index < -0.39 is 42.4 Å². The second-order valence-corrected chi connectivity index (χ2v) is 4.71. The Morgan fingerprint density at radius 3 is 2.59 bits per heavy atom. The lowest BCUT2D eigenvalue weighted by atomic mass is 10.1. The van der Waals surface area contributed by atoms with Crippen LogP contribution >= 0.6 is 0 Å². The Bertz CT molecular complexity index is 699. The van der Waals surface area contributed by atoms with Gasteiger partial charge in [0, 0.05) is 12.6 Å². The number of aliphatic hydroxyl groups is 4. The van der Waals surface area contributed by atoms with E-state index in [1.54, 1.807) is 0 Å². The SMILES string of the molecule is O=c1[nH]c(=O)n(C2OC(CO)C(O)C2O)cc1C#CCCO. The summed E-state index contributed by atoms with van der Waals surface area (Å²) in [5.74, 6) is 5.03. The third-order valence-corrected chi connectivity index (χ3v) is 3.22. The average Bonchev–Trinajstić information content (AvgIpc) is 2.77. The van der Waals surface area contributed by atoms with Gasteiger partial charge in [-0.3, -0.25) is 14.3 Å². The molecule has 0 bridgehead atoms. The van der Waals surface area contributed by atoms with E-state index in [1.165, 1.54) is 0 Å². The number of ether oxygens (including phenoxy) is 1. The molecule has 1 saturated heterocycles. The minimum absolute atomic E-state index is 0.0502. The Hall–Kier alpha value is -1.96. The molecular weight excluding hydrogens is 296 g/mol. The highest BCUT2D eigenvalue weighted by Crippen LogP contribution is 2.27. The van der Waals surface area contributed by atoms with E-state index in [0.717, 1.165) is 10.8 Å². The Labute approximate surface area is 124 Å². The predicted molar refractivity (Wildman–Crippen MR) is 72.9 cm³/mol. The number of aromatic nitrogens is 2. The van der Waals surface area contributed by atoms with Crippen LogP contribution in [0.3, 0.4) is 0 Å². The van der Waals surface area contributed by atoms with E-state index in [0.29, 0.717) is 0 Å². The quantitative estimate of drug-likeness (QED) is 0.371. The molecule has 2 rings (SSSR count). The highest BCUT2D eigenvalue weighted by Gasteiger charge is 2.43. The molecule has 1 fully saturated rings. The summed E-state index contributed by atoms with van der Waals surface area (Å²) in [6.45, 7) is -0.699. The fraction of sp³-hybridized carbons (Fsp3) is 0.538. The third kappa shape index (κ3) is 3.11. The molecule has 4 unspecified atom stereocenters. The van der Waals surface area contributed by atoms with Crippen molar-refractivity contribution in [3.8, 4) is 11.8 Å². The molecule has 9 heteroatoms. The molecule has 1 aliphatic heterocycles. The first-order chi connectivity index (χ1) is 10.5. The number of nitrogens with zero attached hydrogens (tertiary/aromatic N) is 1. The number of aromatic amines is 1. The van der Waals surface area contributed by atoms with Crippen LogP contribution < -0.4 is 11.2 Å². The van der Waals surface area contributed by atoms with Crippen molar-refractivity contribution < 1.29 is 25.2 Å². The molecule has 2 heterocycles. The summed E-state index contributed by atoms with van der Waals surface area (Å²) in [6, 6.07) is 0. The molecule has 120 valence electrons. The van der Waals surface area contributed by atoms with Crippen molar-refractivity contribution in [2.24, 2.45) is 0 Å². The smallest absolute Gasteiger partial charge is 0.330 e. The summed E-state index contributed by atoms with van der Waals surface area (Å²) in [7, 11) is 0. The Kier molecular flexibility index (Phi) is 5.12. The zero-order valence-corrected chi connectivity index (χ0v) is 11.5. The Balaban J connectivity index is 2.40. The van der Waals surface area contributed by atoms with Gasteiger partial charge in [-0.25, -0.2) is 4.79 Å². The van der Waals surface area contributed by atoms with E-state index in [1.807, 2.05) is 4.98 Å². The van der Waals surface area contributed by atoms with Gasteiger partial charge in [0.25, 0.3) is 5.56 Å². The molecule has 1 aliphatic rings. The van der Waals surface area contributed by atoms with Crippen LogP contribution in [0, 0.1) is 11.8 Å². The summed E-state index contributed by atoms with van der Waals surface area (Å²) < 4.78 is 6.12. The highest BCUT2D eigenvalue weighted by molar-refractivity contribution is 5.29. The fourth-order valence-corrected chi connectivity index (χ4v) is 2.09. The number of hydrogen-bond donors (Lipinski definition) is 5. The molecule has 4 atom stereocenters. The first-order valence-electron chi connectivity index (χ1n) is 6.57. The van der Waals surface area contributed by atoms with E-state index in [4.69, 9.17) is 14.9 Å². The van der Waals surface area contributed by atoms with Crippen molar-refractivity contribution in [2.45, 2.75) is 31.0 Å². The first-order valence-corrected chi connectivity index (χ1v) is 6.57. The van der Waals surface area contributed by atoms with Crippen molar-refractivity contribution >= 4 is 0 Å². The van der Waals surface area contributed by atoms with Gasteiger partial charge in [0.2, 0.25) is 0 Å². The van der Waals surface area contributed by atoms with Crippen LogP contribution in [0.15, 0.2) is 15.8 Å². The van der Waals surface area contributed by atoms with Crippen LogP contribution in [0.2, 0.25) is 0 Å². The monoisotopic (exact) mass is 312 g/mol. The molecule has 0 amide bonds. The van der Waals surface area contributed by atoms with Gasteiger partial charge in [0.15, 0.2) is 6.23 Å². The number of H-pyrrole nitrogens is 1. The van der Waals surface area contributed by atoms with Crippen LogP contribution in [-0.4, -0.2) is 61.5 Å². The molecule has 0 aromatic carbocycles. The first kappa shape index (κ1) is 16.4. The van der Waals surface area contributed by atoms with E-state index in [2.05, 4.69) is 11.8 Å². The molecule has 0 spiro atoms. The van der Waals surface area contributed by atoms with Gasteiger partial charge in [-0.15, -0.1) is 0 Å². The highest BCUT2D eigenvalue weighted by atomic mass is 16.6. The Morgan fingerprint density at radius 2 is 2.00 bits per heavy atom. The lowest BCUT2D eigenvalue weighted by Crippen LogP contribution is -2.38. The van der Waals surface area contributed by atoms with Gasteiger partial charge in [0.05, 0.1) is 13.2 Å². The topological polar surface area (TPSA) is 145 Å². The zero-order chi connectivity index (χ0) is 16.3. The van der Waals surface area contributed by atoms with Crippen molar-refractivity contribution in [1.29, 1.82) is 0 Å². The van der Waals surface area contributed by atoms with Gasteiger partial charge >= 0.3 is 5.69 Å². The number of hydrogen-bond acceptors (Lipinski definition) is 7. The molecule has 0 aliphatic carbocycles. The molecule has 9 nitrogen and oxygen atoms in total. The maximum absolute atomic E-state index is 11.8. The standard InChI is InChI=1S/C13H16N2O7/c16-4-2-1-3-7-5-15(13(21)14-11(7)20)12-10(19)9(18)8(6-17)22-12/h5,8-10,12,16-19H,2,4,6H2,(H,14,20,21). The van der Waals surface area contributed by atoms with E-state index in [-0.39, 0.29) is 18.6 Å². The van der Waals surface area contributed by atoms with Gasteiger partial charge < -0.3 is 25.2 Å². The fourth-order valence-electron chi connectivity index (χ4n) is 2.09. The second kappa shape index (κ2) is 6.87. The van der Waals surface area contributed by atoms with E-state index >= 15 is 0 Å². The van der Waals surface area contributed by atoms with Crippen molar-refractivity contribution in [1.82, 2.24) is 9.55 Å². The molecule has 1 aromatic heterocycles. The van der Waals surface area contributed by atoms with Crippen LogP contribution in [-0.2, 0) is 4.74 Å². The van der Waals surface area contributed by atoms with Crippen LogP contribution in [0.5, 0.6) is 0 Å². The summed E-state index contributed by atoms with van der Waals surface area (Å²) in [5.41, 5.74) is -1.60. The van der Waals surface area contributed by atoms with Gasteiger partial charge in [-0.05, 0) is 0 Å². The molecule has 0 saturated carbocycles. The molecule has 0 radical (unpaired) electrons. The van der Waals surface area contributed by atoms with Crippen LogP contribution in [0.25, 0.3) is 0 Å². The molecule has 22 heavy (non-hydrogen) atoms. The second-order valence-electron chi connectivity index (χ2n) is 4.71. The van der Waals surface area contributed by atoms with E-state index in [9.17, 15) is 19.8 Å². The summed E-state index contributed by atoms with van der Waals surface area (Å²) in [5, 5.41) is 37.3. The number of aliphatic hydroxyl groups excluding tert-OH is 4. The van der Waals surface area contributed by atoms with Crippen molar-refractivity contribution in [2.75, 3.05) is 13.2 Å². The average molecular weight is 312 g/mol. The lowest BCUT2D eigenvalue weighted by molar-refractivity contribution is -0.0550. The normalized spacial score (nSPS) is 27.5. The lowest BCUT2D eigenvalue weighted by Gasteiger charge is -2.17. The maximum atomic E-state index is 11.8. The van der Waals surface area contributed by atoms with Crippen LogP contribution in [0.4, 0.5) is 0 Å². The van der Waals surface area contributed by atoms with Crippen molar-refractivity contribution in [3.63, 3.8) is 0 Å². The third-order valence-electron chi connectivity index (χ3n) is 3.22. The summed E-state index contributed by atoms with van der Waals surface area (Å²) in [6.07, 6.45) is -3.84. The summed E-state index contributed by atoms with van der Waals surface area (Å²) in [4.78, 5) is 25.5. The predicted octanol–water partition coefficient (Wildman–Crippen LogP) is -3.12. The zero-order valence-electron chi connectivity index (χ0n) is 11.5. The number of rotatable bonds is 3. The molecule has 5 N–H and O–H groups in total. The molecule has 1 aromatic rings. The Morgan fingerprint density at radius 1 is 1.27 bits per heavy atom.